The number of benzene rings is 1. The lowest BCUT2D eigenvalue weighted by atomic mass is 10.1. The first-order valence-corrected chi connectivity index (χ1v) is 5.65. The summed E-state index contributed by atoms with van der Waals surface area (Å²) >= 11 is 1.59. The Morgan fingerprint density at radius 2 is 2.24 bits per heavy atom. The van der Waals surface area contributed by atoms with E-state index in [4.69, 9.17) is 15.6 Å². The van der Waals surface area contributed by atoms with Crippen LogP contribution in [0, 0.1) is 15.2 Å². The van der Waals surface area contributed by atoms with Crippen LogP contribution < -0.4 is 10.5 Å². The number of nitrogens with two attached hydrogens (primary N) is 1. The summed E-state index contributed by atoms with van der Waals surface area (Å²) in [5.41, 5.74) is 5.56. The van der Waals surface area contributed by atoms with Crippen LogP contribution in [0.1, 0.15) is 5.56 Å². The summed E-state index contributed by atoms with van der Waals surface area (Å²) in [6, 6.07) is -0.288. The fourth-order valence-corrected chi connectivity index (χ4v) is 2.15. The standard InChI is InChI=1S/C10H10F2INO3/c1-17-9-4(3-6(14)10(15)16)2-5(11)7(12)8(9)13/h2,6H,3,14H2,1H3,(H,15,16). The fraction of sp³-hybridized carbons (Fsp3) is 0.300. The molecule has 0 saturated heterocycles. The highest BCUT2D eigenvalue weighted by Gasteiger charge is 2.21. The third kappa shape index (κ3) is 3.03. The zero-order chi connectivity index (χ0) is 13.2. The Morgan fingerprint density at radius 3 is 2.71 bits per heavy atom. The molecule has 1 aromatic rings. The lowest BCUT2D eigenvalue weighted by Crippen LogP contribution is -2.32. The first-order chi connectivity index (χ1) is 7.88. The quantitative estimate of drug-likeness (QED) is 0.633. The van der Waals surface area contributed by atoms with Gasteiger partial charge in [-0.1, -0.05) is 0 Å². The van der Waals surface area contributed by atoms with Crippen molar-refractivity contribution in [2.45, 2.75) is 12.5 Å². The van der Waals surface area contributed by atoms with Gasteiger partial charge in [0, 0.05) is 12.0 Å². The van der Waals surface area contributed by atoms with Gasteiger partial charge in [-0.05, 0) is 28.7 Å². The van der Waals surface area contributed by atoms with E-state index in [0.29, 0.717) is 0 Å². The number of carboxylic acids is 1. The van der Waals surface area contributed by atoms with Crippen LogP contribution in [0.3, 0.4) is 0 Å². The van der Waals surface area contributed by atoms with E-state index >= 15 is 0 Å². The molecule has 0 fully saturated rings. The van der Waals surface area contributed by atoms with Crippen molar-refractivity contribution in [3.05, 3.63) is 26.8 Å². The van der Waals surface area contributed by atoms with Crippen LogP contribution in [0.5, 0.6) is 5.75 Å². The van der Waals surface area contributed by atoms with Gasteiger partial charge in [0.1, 0.15) is 11.8 Å². The van der Waals surface area contributed by atoms with Crippen LogP contribution in [0.15, 0.2) is 6.07 Å². The highest BCUT2D eigenvalue weighted by atomic mass is 127. The van der Waals surface area contributed by atoms with E-state index in [0.717, 1.165) is 6.07 Å². The summed E-state index contributed by atoms with van der Waals surface area (Å²) < 4.78 is 31.3. The van der Waals surface area contributed by atoms with Crippen LogP contribution in [0.2, 0.25) is 0 Å². The van der Waals surface area contributed by atoms with Gasteiger partial charge in [0.2, 0.25) is 0 Å². The van der Waals surface area contributed by atoms with E-state index in [1.807, 2.05) is 0 Å². The lowest BCUT2D eigenvalue weighted by molar-refractivity contribution is -0.138. The van der Waals surface area contributed by atoms with Crippen molar-refractivity contribution in [2.75, 3.05) is 7.11 Å². The number of hydrogen-bond donors (Lipinski definition) is 2. The van der Waals surface area contributed by atoms with Crippen LogP contribution in [-0.2, 0) is 11.2 Å². The summed E-state index contributed by atoms with van der Waals surface area (Å²) in [5.74, 6) is -3.18. The molecule has 7 heteroatoms. The van der Waals surface area contributed by atoms with Crippen molar-refractivity contribution in [1.82, 2.24) is 0 Å². The maximum atomic E-state index is 13.2. The molecular formula is C10H10F2INO3. The molecule has 0 bridgehead atoms. The minimum atomic E-state index is -1.22. The molecule has 0 heterocycles. The average Bonchev–Trinajstić information content (AvgIpc) is 2.26. The Labute approximate surface area is 110 Å². The van der Waals surface area contributed by atoms with E-state index in [1.54, 1.807) is 22.6 Å². The average molecular weight is 357 g/mol. The van der Waals surface area contributed by atoms with Gasteiger partial charge in [0.25, 0.3) is 0 Å². The van der Waals surface area contributed by atoms with Gasteiger partial charge in [0.05, 0.1) is 10.7 Å². The Bertz CT molecular complexity index is 454. The molecule has 17 heavy (non-hydrogen) atoms. The zero-order valence-electron chi connectivity index (χ0n) is 8.84. The molecule has 0 spiro atoms. The van der Waals surface area contributed by atoms with Crippen molar-refractivity contribution in [3.8, 4) is 5.75 Å². The molecule has 0 aliphatic carbocycles. The van der Waals surface area contributed by atoms with E-state index in [1.165, 1.54) is 7.11 Å². The van der Waals surface area contributed by atoms with Gasteiger partial charge in [-0.15, -0.1) is 0 Å². The molecule has 1 aromatic carbocycles. The predicted molar refractivity (Wildman–Crippen MR) is 64.9 cm³/mol. The van der Waals surface area contributed by atoms with Crippen molar-refractivity contribution in [1.29, 1.82) is 0 Å². The van der Waals surface area contributed by atoms with Crippen LogP contribution in [0.4, 0.5) is 8.78 Å². The molecule has 0 aliphatic heterocycles. The van der Waals surface area contributed by atoms with Crippen molar-refractivity contribution >= 4 is 28.6 Å². The first-order valence-electron chi connectivity index (χ1n) is 4.57. The van der Waals surface area contributed by atoms with Crippen LogP contribution in [-0.4, -0.2) is 24.2 Å². The monoisotopic (exact) mass is 357 g/mol. The Hall–Kier alpha value is -0.960. The number of halogens is 3. The summed E-state index contributed by atoms with van der Waals surface area (Å²) in [7, 11) is 1.30. The maximum absolute atomic E-state index is 13.2. The van der Waals surface area contributed by atoms with Gasteiger partial charge in [-0.3, -0.25) is 4.79 Å². The number of ether oxygens (including phenoxy) is 1. The molecule has 1 rings (SSSR count). The normalized spacial score (nSPS) is 12.3. The van der Waals surface area contributed by atoms with Crippen molar-refractivity contribution in [3.63, 3.8) is 0 Å². The molecule has 1 atom stereocenters. The van der Waals surface area contributed by atoms with E-state index in [9.17, 15) is 13.6 Å². The smallest absolute Gasteiger partial charge is 0.320 e. The fourth-order valence-electron chi connectivity index (χ4n) is 1.32. The Balaban J connectivity index is 3.19. The highest BCUT2D eigenvalue weighted by molar-refractivity contribution is 14.1. The number of methoxy groups -OCH3 is 1. The van der Waals surface area contributed by atoms with Gasteiger partial charge >= 0.3 is 5.97 Å². The number of carbonyl (C=O) groups is 1. The third-order valence-electron chi connectivity index (χ3n) is 2.16. The molecule has 3 N–H and O–H groups in total. The Kier molecular flexibility index (Phi) is 4.63. The topological polar surface area (TPSA) is 72.5 Å². The third-order valence-corrected chi connectivity index (χ3v) is 3.12. The van der Waals surface area contributed by atoms with Crippen molar-refractivity contribution in [2.24, 2.45) is 5.73 Å². The second kappa shape index (κ2) is 5.58. The molecule has 0 saturated carbocycles. The number of carboxylic acid groups (broad SMARTS) is 1. The molecular weight excluding hydrogens is 347 g/mol. The molecule has 0 radical (unpaired) electrons. The van der Waals surface area contributed by atoms with E-state index < -0.39 is 23.6 Å². The van der Waals surface area contributed by atoms with E-state index in [2.05, 4.69) is 0 Å². The van der Waals surface area contributed by atoms with Gasteiger partial charge in [0.15, 0.2) is 11.6 Å². The highest BCUT2D eigenvalue weighted by Crippen LogP contribution is 2.30. The summed E-state index contributed by atoms with van der Waals surface area (Å²) in [5, 5.41) is 8.66. The second-order valence-electron chi connectivity index (χ2n) is 3.33. The molecule has 1 unspecified atom stereocenters. The number of rotatable bonds is 4. The molecule has 0 aliphatic rings. The molecule has 0 amide bonds. The first kappa shape index (κ1) is 14.1. The molecule has 94 valence electrons. The van der Waals surface area contributed by atoms with E-state index in [-0.39, 0.29) is 21.3 Å². The maximum Gasteiger partial charge on any atom is 0.320 e. The van der Waals surface area contributed by atoms with Gasteiger partial charge in [-0.2, -0.15) is 0 Å². The Morgan fingerprint density at radius 1 is 1.65 bits per heavy atom. The predicted octanol–water partition coefficient (Wildman–Crippen LogP) is 1.53. The molecule has 0 aromatic heterocycles. The van der Waals surface area contributed by atoms with Crippen LogP contribution in [0.25, 0.3) is 0 Å². The summed E-state index contributed by atoms with van der Waals surface area (Å²) in [4.78, 5) is 10.6. The zero-order valence-corrected chi connectivity index (χ0v) is 11.0. The number of hydrogen-bond acceptors (Lipinski definition) is 3. The van der Waals surface area contributed by atoms with Gasteiger partial charge < -0.3 is 15.6 Å². The summed E-state index contributed by atoms with van der Waals surface area (Å²) in [6.45, 7) is 0. The number of aliphatic carboxylic acids is 1. The SMILES string of the molecule is COc1c(CC(N)C(=O)O)cc(F)c(F)c1I. The minimum absolute atomic E-state index is 0.0299. The minimum Gasteiger partial charge on any atom is -0.495 e. The van der Waals surface area contributed by atoms with Crippen LogP contribution >= 0.6 is 22.6 Å². The van der Waals surface area contributed by atoms with Crippen molar-refractivity contribution < 1.29 is 23.4 Å². The van der Waals surface area contributed by atoms with Gasteiger partial charge in [-0.25, -0.2) is 8.78 Å². The second-order valence-corrected chi connectivity index (χ2v) is 4.41. The lowest BCUT2D eigenvalue weighted by Gasteiger charge is -2.13. The molecule has 4 nitrogen and oxygen atoms in total. The largest absolute Gasteiger partial charge is 0.495 e. The summed E-state index contributed by atoms with van der Waals surface area (Å²) in [6.07, 6.45) is -0.133.